The van der Waals surface area contributed by atoms with Gasteiger partial charge >= 0.3 is 0 Å². The van der Waals surface area contributed by atoms with Gasteiger partial charge in [0.25, 0.3) is 5.91 Å². The Hall–Kier alpha value is -1.57. The van der Waals surface area contributed by atoms with Crippen molar-refractivity contribution in [3.63, 3.8) is 0 Å². The van der Waals surface area contributed by atoms with Crippen LogP contribution < -0.4 is 5.32 Å². The average Bonchev–Trinajstić information content (AvgIpc) is 3.05. The van der Waals surface area contributed by atoms with Gasteiger partial charge in [0.2, 0.25) is 0 Å². The minimum atomic E-state index is -0.214. The highest BCUT2D eigenvalue weighted by molar-refractivity contribution is 5.92. The third kappa shape index (κ3) is 3.91. The van der Waals surface area contributed by atoms with Crippen LogP contribution in [0.4, 0.5) is 0 Å². The predicted octanol–water partition coefficient (Wildman–Crippen LogP) is -0.0166. The van der Waals surface area contributed by atoms with Crippen LogP contribution in [0.25, 0.3) is 0 Å². The molecule has 0 spiro atoms. The van der Waals surface area contributed by atoms with Gasteiger partial charge in [0, 0.05) is 50.1 Å². The van der Waals surface area contributed by atoms with Crippen molar-refractivity contribution >= 4 is 5.91 Å². The molecule has 2 fully saturated rings. The summed E-state index contributed by atoms with van der Waals surface area (Å²) in [6, 6.07) is 0.522. The van der Waals surface area contributed by atoms with Crippen LogP contribution in [0, 0.1) is 5.92 Å². The Morgan fingerprint density at radius 1 is 1.33 bits per heavy atom. The number of aromatic nitrogens is 2. The Labute approximate surface area is 143 Å². The minimum absolute atomic E-state index is 0.0336. The second-order valence-corrected chi connectivity index (χ2v) is 6.73. The molecule has 2 aliphatic rings. The van der Waals surface area contributed by atoms with Crippen LogP contribution in [0.15, 0.2) is 18.6 Å². The first kappa shape index (κ1) is 17.3. The van der Waals surface area contributed by atoms with Crippen LogP contribution in [0.1, 0.15) is 30.3 Å². The van der Waals surface area contributed by atoms with E-state index in [1.54, 1.807) is 6.20 Å². The maximum Gasteiger partial charge on any atom is 0.271 e. The maximum absolute atomic E-state index is 12.3. The van der Waals surface area contributed by atoms with Crippen molar-refractivity contribution in [2.24, 2.45) is 5.92 Å². The van der Waals surface area contributed by atoms with E-state index in [9.17, 15) is 9.90 Å². The first-order valence-electron chi connectivity index (χ1n) is 8.85. The SMILES string of the molecule is CCN1CCC(N2C[C@@H](CO)[C@H](NC(=O)c3cnccn3)C2)CC1. The predicted molar refractivity (Wildman–Crippen MR) is 90.6 cm³/mol. The highest BCUT2D eigenvalue weighted by atomic mass is 16.3. The van der Waals surface area contributed by atoms with Gasteiger partial charge in [0.05, 0.1) is 6.20 Å². The average molecular weight is 333 g/mol. The number of aliphatic hydroxyl groups excluding tert-OH is 1. The van der Waals surface area contributed by atoms with Gasteiger partial charge in [-0.1, -0.05) is 6.92 Å². The van der Waals surface area contributed by atoms with Crippen molar-refractivity contribution in [3.05, 3.63) is 24.3 Å². The molecular formula is C17H27N5O2. The van der Waals surface area contributed by atoms with Crippen molar-refractivity contribution in [1.82, 2.24) is 25.1 Å². The first-order chi connectivity index (χ1) is 11.7. The Balaban J connectivity index is 1.57. The lowest BCUT2D eigenvalue weighted by Gasteiger charge is -2.36. The molecule has 0 saturated carbocycles. The number of nitrogens with one attached hydrogen (secondary N) is 1. The Bertz CT molecular complexity index is 533. The third-order valence-electron chi connectivity index (χ3n) is 5.34. The molecule has 2 atom stereocenters. The molecule has 3 heterocycles. The summed E-state index contributed by atoms with van der Waals surface area (Å²) in [5.74, 6) is -0.135. The lowest BCUT2D eigenvalue weighted by atomic mass is 10.0. The summed E-state index contributed by atoms with van der Waals surface area (Å²) in [4.78, 5) is 25.2. The number of rotatable bonds is 5. The summed E-state index contributed by atoms with van der Waals surface area (Å²) < 4.78 is 0. The van der Waals surface area contributed by atoms with Crippen LogP contribution in [0.3, 0.4) is 0 Å². The number of amides is 1. The van der Waals surface area contributed by atoms with Gasteiger partial charge in [0.1, 0.15) is 5.69 Å². The summed E-state index contributed by atoms with van der Waals surface area (Å²) in [5.41, 5.74) is 0.323. The van der Waals surface area contributed by atoms with E-state index in [1.165, 1.54) is 12.4 Å². The second-order valence-electron chi connectivity index (χ2n) is 6.73. The molecule has 7 nitrogen and oxygen atoms in total. The number of likely N-dealkylation sites (tertiary alicyclic amines) is 2. The summed E-state index contributed by atoms with van der Waals surface area (Å²) in [5, 5.41) is 12.7. The zero-order chi connectivity index (χ0) is 16.9. The standard InChI is InChI=1S/C17H27N5O2/c1-2-21-7-3-14(4-8-21)22-10-13(12-23)16(11-22)20-17(24)15-9-18-5-6-19-15/h5-6,9,13-14,16,23H,2-4,7-8,10-12H2,1H3,(H,20,24)/t13-,16+/m0/s1. The van der Waals surface area contributed by atoms with Crippen molar-refractivity contribution < 1.29 is 9.90 Å². The smallest absolute Gasteiger partial charge is 0.271 e. The first-order valence-corrected chi connectivity index (χ1v) is 8.85. The largest absolute Gasteiger partial charge is 0.396 e. The van der Waals surface area contributed by atoms with E-state index in [0.29, 0.717) is 11.7 Å². The molecule has 0 unspecified atom stereocenters. The van der Waals surface area contributed by atoms with Crippen LogP contribution in [-0.2, 0) is 0 Å². The van der Waals surface area contributed by atoms with Crippen LogP contribution in [0.5, 0.6) is 0 Å². The van der Waals surface area contributed by atoms with Gasteiger partial charge in [-0.25, -0.2) is 4.98 Å². The molecule has 0 aliphatic carbocycles. The number of aliphatic hydroxyl groups is 1. The summed E-state index contributed by atoms with van der Waals surface area (Å²) >= 11 is 0. The zero-order valence-electron chi connectivity index (χ0n) is 14.3. The molecule has 24 heavy (non-hydrogen) atoms. The van der Waals surface area contributed by atoms with Crippen molar-refractivity contribution in [1.29, 1.82) is 0 Å². The summed E-state index contributed by atoms with van der Waals surface area (Å²) in [6.07, 6.45) is 6.86. The molecular weight excluding hydrogens is 306 g/mol. The molecule has 7 heteroatoms. The number of carbonyl (C=O) groups excluding carboxylic acids is 1. The Morgan fingerprint density at radius 2 is 2.12 bits per heavy atom. The zero-order valence-corrected chi connectivity index (χ0v) is 14.3. The molecule has 0 bridgehead atoms. The van der Waals surface area contributed by atoms with Gasteiger partial charge in [-0.05, 0) is 32.5 Å². The molecule has 0 aromatic carbocycles. The molecule has 0 radical (unpaired) electrons. The third-order valence-corrected chi connectivity index (χ3v) is 5.34. The van der Waals surface area contributed by atoms with E-state index in [2.05, 4.69) is 32.0 Å². The number of carbonyl (C=O) groups is 1. The molecule has 1 amide bonds. The monoisotopic (exact) mass is 333 g/mol. The van der Waals surface area contributed by atoms with E-state index < -0.39 is 0 Å². The lowest BCUT2D eigenvalue weighted by molar-refractivity contribution is 0.0913. The lowest BCUT2D eigenvalue weighted by Crippen LogP contribution is -2.45. The molecule has 1 aromatic rings. The number of nitrogens with zero attached hydrogens (tertiary/aromatic N) is 4. The van der Waals surface area contributed by atoms with Crippen molar-refractivity contribution in [2.75, 3.05) is 39.3 Å². The van der Waals surface area contributed by atoms with E-state index in [0.717, 1.165) is 45.6 Å². The fourth-order valence-corrected chi connectivity index (χ4v) is 3.81. The number of piperidine rings is 1. The molecule has 2 saturated heterocycles. The maximum atomic E-state index is 12.3. The Morgan fingerprint density at radius 3 is 2.75 bits per heavy atom. The van der Waals surface area contributed by atoms with Crippen molar-refractivity contribution in [3.8, 4) is 0 Å². The normalized spacial score (nSPS) is 26.6. The summed E-state index contributed by atoms with van der Waals surface area (Å²) in [6.45, 7) is 7.33. The van der Waals surface area contributed by atoms with Crippen LogP contribution in [-0.4, -0.2) is 82.2 Å². The van der Waals surface area contributed by atoms with Gasteiger partial charge in [-0.3, -0.25) is 14.7 Å². The van der Waals surface area contributed by atoms with Crippen LogP contribution in [0.2, 0.25) is 0 Å². The molecule has 2 N–H and O–H groups in total. The quantitative estimate of drug-likeness (QED) is 0.788. The van der Waals surface area contributed by atoms with E-state index in [4.69, 9.17) is 0 Å². The van der Waals surface area contributed by atoms with Crippen molar-refractivity contribution in [2.45, 2.75) is 31.8 Å². The molecule has 2 aliphatic heterocycles. The van der Waals surface area contributed by atoms with Gasteiger partial charge in [-0.15, -0.1) is 0 Å². The fraction of sp³-hybridized carbons (Fsp3) is 0.706. The van der Waals surface area contributed by atoms with E-state index in [1.807, 2.05) is 0 Å². The van der Waals surface area contributed by atoms with E-state index in [-0.39, 0.29) is 24.5 Å². The number of hydrogen-bond acceptors (Lipinski definition) is 6. The fourth-order valence-electron chi connectivity index (χ4n) is 3.81. The summed E-state index contributed by atoms with van der Waals surface area (Å²) in [7, 11) is 0. The second kappa shape index (κ2) is 8.00. The highest BCUT2D eigenvalue weighted by Crippen LogP contribution is 2.24. The van der Waals surface area contributed by atoms with Gasteiger partial charge in [0.15, 0.2) is 0 Å². The van der Waals surface area contributed by atoms with Crippen LogP contribution >= 0.6 is 0 Å². The topological polar surface area (TPSA) is 81.6 Å². The van der Waals surface area contributed by atoms with E-state index >= 15 is 0 Å². The van der Waals surface area contributed by atoms with Gasteiger partial charge in [-0.2, -0.15) is 0 Å². The molecule has 1 aromatic heterocycles. The molecule has 3 rings (SSSR count). The highest BCUT2D eigenvalue weighted by Gasteiger charge is 2.37. The Kier molecular flexibility index (Phi) is 5.76. The minimum Gasteiger partial charge on any atom is -0.396 e. The number of hydrogen-bond donors (Lipinski definition) is 2. The molecule has 132 valence electrons. The van der Waals surface area contributed by atoms with Gasteiger partial charge < -0.3 is 15.3 Å².